The van der Waals surface area contributed by atoms with E-state index in [0.717, 1.165) is 6.42 Å². The molecule has 2 aromatic heterocycles. The summed E-state index contributed by atoms with van der Waals surface area (Å²) in [5, 5.41) is 16.2. The Labute approximate surface area is 182 Å². The second-order valence-electron chi connectivity index (χ2n) is 7.66. The van der Waals surface area contributed by atoms with Crippen LogP contribution in [0.3, 0.4) is 0 Å². The van der Waals surface area contributed by atoms with Crippen molar-refractivity contribution in [1.82, 2.24) is 18.9 Å². The molecule has 0 saturated carbocycles. The van der Waals surface area contributed by atoms with Crippen molar-refractivity contribution in [2.24, 2.45) is 0 Å². The van der Waals surface area contributed by atoms with Crippen molar-refractivity contribution in [3.8, 4) is 0 Å². The molecule has 12 heteroatoms. The van der Waals surface area contributed by atoms with Crippen LogP contribution in [0.4, 0.5) is 5.69 Å². The highest BCUT2D eigenvalue weighted by Crippen LogP contribution is 2.38. The SMILES string of the molecule is CC(C)c1cc(=O)n2nc([C@H]3CCCCN3S(=O)(=O)c3ccccc3[N+](=O)[O-])sc2n1. The van der Waals surface area contributed by atoms with Gasteiger partial charge in [-0.2, -0.15) is 13.9 Å². The molecule has 0 aliphatic carbocycles. The molecule has 1 aliphatic rings. The molecular formula is C19H21N5O5S2. The Morgan fingerprint density at radius 2 is 2.00 bits per heavy atom. The standard InChI is InChI=1S/C19H21N5O5S2/c1-12(2)13-11-17(25)23-19(20-13)30-18(21-23)15-8-5-6-10-22(15)31(28,29)16-9-4-3-7-14(16)24(26)27/h3-4,7,9,11-12,15H,5-6,8,10H2,1-2H3/t15-/m1/s1. The number of benzene rings is 1. The smallest absolute Gasteiger partial charge is 0.267 e. The van der Waals surface area contributed by atoms with Gasteiger partial charge in [0.15, 0.2) is 4.90 Å². The lowest BCUT2D eigenvalue weighted by Crippen LogP contribution is -2.38. The summed E-state index contributed by atoms with van der Waals surface area (Å²) in [5.74, 6) is 0.0634. The highest BCUT2D eigenvalue weighted by atomic mass is 32.2. The van der Waals surface area contributed by atoms with Gasteiger partial charge >= 0.3 is 0 Å². The van der Waals surface area contributed by atoms with Crippen LogP contribution in [0.25, 0.3) is 4.96 Å². The average Bonchev–Trinajstić information content (AvgIpc) is 3.18. The molecule has 164 valence electrons. The maximum atomic E-state index is 13.4. The minimum atomic E-state index is -4.15. The van der Waals surface area contributed by atoms with Crippen LogP contribution in [-0.2, 0) is 10.0 Å². The molecule has 3 aromatic rings. The van der Waals surface area contributed by atoms with Crippen molar-refractivity contribution in [2.45, 2.75) is 50.0 Å². The van der Waals surface area contributed by atoms with E-state index in [-0.39, 0.29) is 22.9 Å². The van der Waals surface area contributed by atoms with Gasteiger partial charge in [-0.1, -0.05) is 43.7 Å². The van der Waals surface area contributed by atoms with Crippen molar-refractivity contribution in [1.29, 1.82) is 0 Å². The van der Waals surface area contributed by atoms with Crippen molar-refractivity contribution < 1.29 is 13.3 Å². The van der Waals surface area contributed by atoms with Crippen LogP contribution in [0.2, 0.25) is 0 Å². The molecule has 0 amide bonds. The Bertz CT molecular complexity index is 1310. The normalized spacial score (nSPS) is 18.0. The minimum Gasteiger partial charge on any atom is -0.267 e. The second kappa shape index (κ2) is 8.09. The van der Waals surface area contributed by atoms with Crippen LogP contribution in [0.15, 0.2) is 40.0 Å². The van der Waals surface area contributed by atoms with Gasteiger partial charge in [0, 0.05) is 18.7 Å². The van der Waals surface area contributed by atoms with E-state index in [4.69, 9.17) is 0 Å². The van der Waals surface area contributed by atoms with Gasteiger partial charge in [0.1, 0.15) is 5.01 Å². The Morgan fingerprint density at radius 3 is 2.71 bits per heavy atom. The zero-order chi connectivity index (χ0) is 22.3. The Balaban J connectivity index is 1.81. The van der Waals surface area contributed by atoms with Crippen LogP contribution in [0, 0.1) is 10.1 Å². The number of aromatic nitrogens is 3. The lowest BCUT2D eigenvalue weighted by Gasteiger charge is -2.32. The molecule has 1 saturated heterocycles. The van der Waals surface area contributed by atoms with Gasteiger partial charge in [-0.25, -0.2) is 13.4 Å². The minimum absolute atomic E-state index is 0.0634. The fourth-order valence-electron chi connectivity index (χ4n) is 3.66. The number of nitro groups is 1. The molecule has 0 spiro atoms. The predicted molar refractivity (Wildman–Crippen MR) is 115 cm³/mol. The Kier molecular flexibility index (Phi) is 5.62. The molecule has 0 bridgehead atoms. The van der Waals surface area contributed by atoms with Gasteiger partial charge in [-0.05, 0) is 24.8 Å². The van der Waals surface area contributed by atoms with Crippen LogP contribution < -0.4 is 5.56 Å². The first-order valence-electron chi connectivity index (χ1n) is 9.86. The molecule has 10 nitrogen and oxygen atoms in total. The first-order chi connectivity index (χ1) is 14.7. The monoisotopic (exact) mass is 463 g/mol. The summed E-state index contributed by atoms with van der Waals surface area (Å²) in [7, 11) is -4.15. The molecule has 3 heterocycles. The van der Waals surface area contributed by atoms with Gasteiger partial charge < -0.3 is 0 Å². The number of sulfonamides is 1. The quantitative estimate of drug-likeness (QED) is 0.420. The first kappa shape index (κ1) is 21.5. The molecular weight excluding hydrogens is 442 g/mol. The third-order valence-electron chi connectivity index (χ3n) is 5.26. The zero-order valence-corrected chi connectivity index (χ0v) is 18.6. The Hall–Kier alpha value is -2.70. The molecule has 1 fully saturated rings. The summed E-state index contributed by atoms with van der Waals surface area (Å²) in [6.07, 6.45) is 1.92. The molecule has 1 atom stereocenters. The Morgan fingerprint density at radius 1 is 1.26 bits per heavy atom. The molecule has 4 rings (SSSR count). The van der Waals surface area contributed by atoms with Gasteiger partial charge in [0.25, 0.3) is 21.3 Å². The average molecular weight is 464 g/mol. The van der Waals surface area contributed by atoms with E-state index in [0.29, 0.717) is 28.5 Å². The molecule has 0 N–H and O–H groups in total. The van der Waals surface area contributed by atoms with Gasteiger partial charge in [0.05, 0.1) is 16.7 Å². The zero-order valence-electron chi connectivity index (χ0n) is 17.0. The fraction of sp³-hybridized carbons (Fsp3) is 0.421. The lowest BCUT2D eigenvalue weighted by molar-refractivity contribution is -0.387. The van der Waals surface area contributed by atoms with E-state index < -0.39 is 26.7 Å². The summed E-state index contributed by atoms with van der Waals surface area (Å²) in [5.41, 5.74) is -0.135. The third-order valence-corrected chi connectivity index (χ3v) is 8.22. The lowest BCUT2D eigenvalue weighted by atomic mass is 10.1. The summed E-state index contributed by atoms with van der Waals surface area (Å²) in [4.78, 5) is 27.8. The summed E-state index contributed by atoms with van der Waals surface area (Å²) >= 11 is 1.18. The second-order valence-corrected chi connectivity index (χ2v) is 10.5. The van der Waals surface area contributed by atoms with Crippen LogP contribution in [0.1, 0.15) is 55.8 Å². The van der Waals surface area contributed by atoms with Crippen molar-refractivity contribution in [3.63, 3.8) is 0 Å². The summed E-state index contributed by atoms with van der Waals surface area (Å²) < 4.78 is 29.3. The maximum absolute atomic E-state index is 13.4. The van der Waals surface area contributed by atoms with Crippen LogP contribution >= 0.6 is 11.3 Å². The molecule has 31 heavy (non-hydrogen) atoms. The van der Waals surface area contributed by atoms with Gasteiger partial charge in [-0.15, -0.1) is 0 Å². The molecule has 0 radical (unpaired) electrons. The van der Waals surface area contributed by atoms with Crippen LogP contribution in [0.5, 0.6) is 0 Å². The highest BCUT2D eigenvalue weighted by Gasteiger charge is 2.39. The topological polar surface area (TPSA) is 128 Å². The largest absolute Gasteiger partial charge is 0.289 e. The van der Waals surface area contributed by atoms with Gasteiger partial charge in [0.2, 0.25) is 4.96 Å². The van der Waals surface area contributed by atoms with Crippen molar-refractivity contribution in [2.75, 3.05) is 6.54 Å². The van der Waals surface area contributed by atoms with Gasteiger partial charge in [-0.3, -0.25) is 14.9 Å². The number of nitro benzene ring substituents is 1. The third kappa shape index (κ3) is 3.86. The number of fused-ring (bicyclic) bond motifs is 1. The van der Waals surface area contributed by atoms with E-state index in [9.17, 15) is 23.3 Å². The summed E-state index contributed by atoms with van der Waals surface area (Å²) in [6.45, 7) is 4.08. The predicted octanol–water partition coefficient (Wildman–Crippen LogP) is 3.10. The number of hydrogen-bond donors (Lipinski definition) is 0. The number of para-hydroxylation sites is 1. The van der Waals surface area contributed by atoms with Crippen molar-refractivity contribution in [3.05, 3.63) is 61.5 Å². The van der Waals surface area contributed by atoms with Crippen molar-refractivity contribution >= 4 is 32.0 Å². The van der Waals surface area contributed by atoms with E-state index in [1.165, 1.54) is 50.5 Å². The molecule has 1 aliphatic heterocycles. The highest BCUT2D eigenvalue weighted by molar-refractivity contribution is 7.89. The van der Waals surface area contributed by atoms with E-state index in [1.54, 1.807) is 0 Å². The number of hydrogen-bond acceptors (Lipinski definition) is 8. The first-order valence-corrected chi connectivity index (χ1v) is 12.1. The fourth-order valence-corrected chi connectivity index (χ4v) is 6.61. The maximum Gasteiger partial charge on any atom is 0.289 e. The number of piperidine rings is 1. The number of rotatable bonds is 5. The molecule has 0 unspecified atom stereocenters. The van der Waals surface area contributed by atoms with E-state index >= 15 is 0 Å². The number of nitrogens with zero attached hydrogens (tertiary/aromatic N) is 5. The molecule has 1 aromatic carbocycles. The summed E-state index contributed by atoms with van der Waals surface area (Å²) in [6, 6.07) is 6.14. The van der Waals surface area contributed by atoms with E-state index in [2.05, 4.69) is 10.1 Å². The van der Waals surface area contributed by atoms with E-state index in [1.807, 2.05) is 13.8 Å². The van der Waals surface area contributed by atoms with Crippen LogP contribution in [-0.4, -0.2) is 38.8 Å².